The van der Waals surface area contributed by atoms with Crippen molar-refractivity contribution in [3.63, 3.8) is 0 Å². The zero-order valence-electron chi connectivity index (χ0n) is 16.7. The molecule has 0 spiro atoms. The van der Waals surface area contributed by atoms with Gasteiger partial charge >= 0.3 is 5.97 Å². The molecule has 0 bridgehead atoms. The Morgan fingerprint density at radius 2 is 1.40 bits per heavy atom. The van der Waals surface area contributed by atoms with Crippen LogP contribution in [0.2, 0.25) is 0 Å². The van der Waals surface area contributed by atoms with Crippen LogP contribution in [0.15, 0.2) is 78.9 Å². The minimum absolute atomic E-state index is 0.105. The Morgan fingerprint density at radius 3 is 2.10 bits per heavy atom. The number of nitrogens with one attached hydrogen (secondary N) is 1. The van der Waals surface area contributed by atoms with E-state index in [-0.39, 0.29) is 25.7 Å². The van der Waals surface area contributed by atoms with E-state index in [1.54, 1.807) is 24.3 Å². The van der Waals surface area contributed by atoms with E-state index in [2.05, 4.69) is 5.32 Å². The van der Waals surface area contributed by atoms with E-state index in [9.17, 15) is 9.59 Å². The summed E-state index contributed by atoms with van der Waals surface area (Å²) in [7, 11) is 0. The fourth-order valence-electron chi connectivity index (χ4n) is 2.55. The monoisotopic (exact) mass is 405 g/mol. The number of carbonyl (C=O) groups is 2. The van der Waals surface area contributed by atoms with Gasteiger partial charge in [0.2, 0.25) is 0 Å². The minimum Gasteiger partial charge on any atom is -0.490 e. The van der Waals surface area contributed by atoms with E-state index in [0.717, 1.165) is 5.56 Å². The summed E-state index contributed by atoms with van der Waals surface area (Å²) in [5.41, 5.74) is 1.56. The summed E-state index contributed by atoms with van der Waals surface area (Å²) < 4.78 is 16.2. The Hall–Kier alpha value is -3.80. The van der Waals surface area contributed by atoms with Crippen molar-refractivity contribution in [1.29, 1.82) is 0 Å². The third kappa shape index (κ3) is 6.67. The minimum atomic E-state index is -0.528. The van der Waals surface area contributed by atoms with Crippen molar-refractivity contribution in [2.75, 3.05) is 19.8 Å². The van der Waals surface area contributed by atoms with Crippen LogP contribution in [0.5, 0.6) is 17.2 Å². The van der Waals surface area contributed by atoms with Gasteiger partial charge in [0.15, 0.2) is 0 Å². The number of carbonyl (C=O) groups excluding carboxylic acids is 2. The highest BCUT2D eigenvalue weighted by molar-refractivity contribution is 5.96. The van der Waals surface area contributed by atoms with Crippen LogP contribution < -0.4 is 14.8 Å². The molecule has 6 heteroatoms. The molecule has 0 aliphatic heterocycles. The first-order valence-electron chi connectivity index (χ1n) is 9.56. The lowest BCUT2D eigenvalue weighted by molar-refractivity contribution is -0.143. The summed E-state index contributed by atoms with van der Waals surface area (Å²) in [6, 6.07) is 23.6. The third-order valence-corrected chi connectivity index (χ3v) is 4.12. The molecule has 3 rings (SSSR count). The van der Waals surface area contributed by atoms with Gasteiger partial charge in [-0.1, -0.05) is 35.9 Å². The zero-order valence-corrected chi connectivity index (χ0v) is 16.7. The predicted molar refractivity (Wildman–Crippen MR) is 113 cm³/mol. The molecule has 0 fully saturated rings. The largest absolute Gasteiger partial charge is 0.490 e. The van der Waals surface area contributed by atoms with Gasteiger partial charge in [-0.25, -0.2) is 0 Å². The first-order chi connectivity index (χ1) is 14.6. The number of rotatable bonds is 9. The molecule has 30 heavy (non-hydrogen) atoms. The number of aryl methyl sites for hydroxylation is 1. The van der Waals surface area contributed by atoms with Crippen molar-refractivity contribution in [1.82, 2.24) is 5.32 Å². The van der Waals surface area contributed by atoms with E-state index >= 15 is 0 Å². The van der Waals surface area contributed by atoms with Crippen molar-refractivity contribution >= 4 is 11.9 Å². The van der Waals surface area contributed by atoms with Crippen LogP contribution in [0.25, 0.3) is 0 Å². The van der Waals surface area contributed by atoms with Gasteiger partial charge in [0, 0.05) is 5.56 Å². The van der Waals surface area contributed by atoms with Gasteiger partial charge in [0.1, 0.15) is 37.0 Å². The molecule has 154 valence electrons. The van der Waals surface area contributed by atoms with Crippen LogP contribution in [0.3, 0.4) is 0 Å². The molecule has 3 aromatic carbocycles. The van der Waals surface area contributed by atoms with Crippen LogP contribution in [0.4, 0.5) is 0 Å². The second kappa shape index (κ2) is 10.7. The van der Waals surface area contributed by atoms with Gasteiger partial charge in [0.05, 0.1) is 0 Å². The lowest BCUT2D eigenvalue weighted by Gasteiger charge is -2.09. The Balaban J connectivity index is 1.36. The van der Waals surface area contributed by atoms with E-state index in [1.807, 2.05) is 61.5 Å². The summed E-state index contributed by atoms with van der Waals surface area (Å²) in [5, 5.41) is 2.54. The van der Waals surface area contributed by atoms with Crippen LogP contribution in [-0.4, -0.2) is 31.6 Å². The number of amides is 1. The number of hydrogen-bond donors (Lipinski definition) is 1. The summed E-state index contributed by atoms with van der Waals surface area (Å²) >= 11 is 0. The highest BCUT2D eigenvalue weighted by Crippen LogP contribution is 2.21. The maximum Gasteiger partial charge on any atom is 0.325 e. The molecule has 0 unspecified atom stereocenters. The topological polar surface area (TPSA) is 73.9 Å². The molecule has 0 atom stereocenters. The molecule has 3 aromatic rings. The van der Waals surface area contributed by atoms with Gasteiger partial charge in [-0.3, -0.25) is 9.59 Å². The number of esters is 1. The van der Waals surface area contributed by atoms with E-state index in [0.29, 0.717) is 22.8 Å². The molecule has 1 amide bonds. The standard InChI is InChI=1S/C24H23NO5/c1-18-7-11-20(12-8-18)28-15-16-29-23(26)17-25-24(27)19-9-13-22(14-10-19)30-21-5-3-2-4-6-21/h2-14H,15-17H2,1H3,(H,25,27). The molecular formula is C24H23NO5. The van der Waals surface area contributed by atoms with Crippen LogP contribution in [-0.2, 0) is 9.53 Å². The Kier molecular flexibility index (Phi) is 7.44. The Morgan fingerprint density at radius 1 is 0.767 bits per heavy atom. The average molecular weight is 405 g/mol. The number of ether oxygens (including phenoxy) is 3. The molecule has 0 aliphatic rings. The van der Waals surface area contributed by atoms with Crippen molar-refractivity contribution < 1.29 is 23.8 Å². The van der Waals surface area contributed by atoms with E-state index < -0.39 is 5.97 Å². The highest BCUT2D eigenvalue weighted by Gasteiger charge is 2.09. The number of para-hydroxylation sites is 1. The summed E-state index contributed by atoms with van der Waals surface area (Å²) in [4.78, 5) is 24.0. The Labute approximate surface area is 175 Å². The molecule has 6 nitrogen and oxygen atoms in total. The smallest absolute Gasteiger partial charge is 0.325 e. The normalized spacial score (nSPS) is 10.2. The number of hydrogen-bond acceptors (Lipinski definition) is 5. The van der Waals surface area contributed by atoms with Crippen LogP contribution in [0.1, 0.15) is 15.9 Å². The molecule has 0 aromatic heterocycles. The fraction of sp³-hybridized carbons (Fsp3) is 0.167. The highest BCUT2D eigenvalue weighted by atomic mass is 16.6. The second-order valence-corrected chi connectivity index (χ2v) is 6.50. The van der Waals surface area contributed by atoms with Gasteiger partial charge in [-0.05, 0) is 55.5 Å². The van der Waals surface area contributed by atoms with Crippen molar-refractivity contribution in [2.24, 2.45) is 0 Å². The van der Waals surface area contributed by atoms with Crippen molar-refractivity contribution in [2.45, 2.75) is 6.92 Å². The van der Waals surface area contributed by atoms with Crippen molar-refractivity contribution in [3.8, 4) is 17.2 Å². The lowest BCUT2D eigenvalue weighted by Crippen LogP contribution is -2.31. The molecule has 0 saturated carbocycles. The summed E-state index contributed by atoms with van der Waals surface area (Å²) in [6.45, 7) is 2.12. The first-order valence-corrected chi connectivity index (χ1v) is 9.56. The van der Waals surface area contributed by atoms with Crippen molar-refractivity contribution in [3.05, 3.63) is 90.0 Å². The first kappa shape index (κ1) is 20.9. The zero-order chi connectivity index (χ0) is 21.2. The van der Waals surface area contributed by atoms with Gasteiger partial charge in [-0.2, -0.15) is 0 Å². The molecule has 1 N–H and O–H groups in total. The van der Waals surface area contributed by atoms with Crippen LogP contribution >= 0.6 is 0 Å². The third-order valence-electron chi connectivity index (χ3n) is 4.12. The predicted octanol–water partition coefficient (Wildman–Crippen LogP) is 4.14. The quantitative estimate of drug-likeness (QED) is 0.428. The van der Waals surface area contributed by atoms with Gasteiger partial charge in [-0.15, -0.1) is 0 Å². The van der Waals surface area contributed by atoms with E-state index in [4.69, 9.17) is 14.2 Å². The summed E-state index contributed by atoms with van der Waals surface area (Å²) in [5.74, 6) is 1.15. The molecule has 0 radical (unpaired) electrons. The second-order valence-electron chi connectivity index (χ2n) is 6.50. The maximum absolute atomic E-state index is 12.2. The SMILES string of the molecule is Cc1ccc(OCCOC(=O)CNC(=O)c2ccc(Oc3ccccc3)cc2)cc1. The molecule has 0 heterocycles. The fourth-order valence-corrected chi connectivity index (χ4v) is 2.55. The summed E-state index contributed by atoms with van der Waals surface area (Å²) in [6.07, 6.45) is 0. The lowest BCUT2D eigenvalue weighted by atomic mass is 10.2. The number of benzene rings is 3. The molecule has 0 aliphatic carbocycles. The van der Waals surface area contributed by atoms with Gasteiger partial charge in [0.25, 0.3) is 5.91 Å². The molecule has 0 saturated heterocycles. The van der Waals surface area contributed by atoms with E-state index in [1.165, 1.54) is 0 Å². The molecular weight excluding hydrogens is 382 g/mol. The Bertz CT molecular complexity index is 953. The average Bonchev–Trinajstić information content (AvgIpc) is 2.77. The van der Waals surface area contributed by atoms with Crippen LogP contribution in [0, 0.1) is 6.92 Å². The van der Waals surface area contributed by atoms with Gasteiger partial charge < -0.3 is 19.5 Å². The maximum atomic E-state index is 12.2.